The Bertz CT molecular complexity index is 525. The standard InChI is InChI=1S/C8H17N3O5S2/c1-17(13,14)6-18(15,16)11-4-2-3-7(5-11)8(9)10-12/h7,12H,2-6H2,1H3,(H2,9,10). The van der Waals surface area contributed by atoms with Crippen LogP contribution < -0.4 is 5.73 Å². The number of hydrogen-bond donors (Lipinski definition) is 2. The molecule has 0 aromatic carbocycles. The molecular weight excluding hydrogens is 282 g/mol. The van der Waals surface area contributed by atoms with Crippen molar-refractivity contribution in [3.63, 3.8) is 0 Å². The fourth-order valence-electron chi connectivity index (χ4n) is 1.86. The maximum absolute atomic E-state index is 11.9. The molecule has 1 unspecified atom stereocenters. The molecule has 1 atom stereocenters. The van der Waals surface area contributed by atoms with E-state index < -0.39 is 24.9 Å². The van der Waals surface area contributed by atoms with Crippen LogP contribution in [0.4, 0.5) is 0 Å². The van der Waals surface area contributed by atoms with E-state index in [9.17, 15) is 16.8 Å². The van der Waals surface area contributed by atoms with Crippen molar-refractivity contribution in [3.8, 4) is 0 Å². The SMILES string of the molecule is CS(=O)(=O)CS(=O)(=O)N1CCCC(C(N)=NO)C1. The van der Waals surface area contributed by atoms with Crippen LogP contribution in [0, 0.1) is 5.92 Å². The van der Waals surface area contributed by atoms with Gasteiger partial charge in [0, 0.05) is 25.3 Å². The Morgan fingerprint density at radius 3 is 2.56 bits per heavy atom. The largest absolute Gasteiger partial charge is 0.409 e. The van der Waals surface area contributed by atoms with Gasteiger partial charge in [-0.1, -0.05) is 5.16 Å². The number of nitrogens with zero attached hydrogens (tertiary/aromatic N) is 2. The average molecular weight is 299 g/mol. The van der Waals surface area contributed by atoms with E-state index in [2.05, 4.69) is 5.16 Å². The summed E-state index contributed by atoms with van der Waals surface area (Å²) in [5, 5.41) is 10.5. The van der Waals surface area contributed by atoms with Crippen molar-refractivity contribution < 1.29 is 22.0 Å². The lowest BCUT2D eigenvalue weighted by Gasteiger charge is -2.30. The van der Waals surface area contributed by atoms with E-state index in [1.165, 1.54) is 0 Å². The molecular formula is C8H17N3O5S2. The smallest absolute Gasteiger partial charge is 0.228 e. The molecule has 0 spiro atoms. The number of sulfonamides is 1. The topological polar surface area (TPSA) is 130 Å². The van der Waals surface area contributed by atoms with E-state index in [4.69, 9.17) is 10.9 Å². The van der Waals surface area contributed by atoms with Crippen LogP contribution in [-0.4, -0.2) is 56.6 Å². The first-order valence-corrected chi connectivity index (χ1v) is 8.95. The van der Waals surface area contributed by atoms with Gasteiger partial charge in [0.15, 0.2) is 14.9 Å². The van der Waals surface area contributed by atoms with Crippen molar-refractivity contribution in [3.05, 3.63) is 0 Å². The minimum Gasteiger partial charge on any atom is -0.409 e. The Hall–Kier alpha value is -0.870. The molecule has 8 nitrogen and oxygen atoms in total. The molecule has 0 aromatic rings. The fraction of sp³-hybridized carbons (Fsp3) is 0.875. The van der Waals surface area contributed by atoms with Crippen LogP contribution in [-0.2, 0) is 19.9 Å². The zero-order valence-corrected chi connectivity index (χ0v) is 11.6. The number of oxime groups is 1. The second-order valence-corrected chi connectivity index (χ2v) is 8.85. The third kappa shape index (κ3) is 4.10. The van der Waals surface area contributed by atoms with Crippen molar-refractivity contribution in [1.82, 2.24) is 4.31 Å². The van der Waals surface area contributed by atoms with E-state index in [0.717, 1.165) is 10.6 Å². The van der Waals surface area contributed by atoms with Gasteiger partial charge in [-0.25, -0.2) is 21.1 Å². The highest BCUT2D eigenvalue weighted by Gasteiger charge is 2.32. The monoisotopic (exact) mass is 299 g/mol. The van der Waals surface area contributed by atoms with E-state index in [1.54, 1.807) is 0 Å². The number of piperidine rings is 1. The molecule has 0 aromatic heterocycles. The normalized spacial score (nSPS) is 24.1. The highest BCUT2D eigenvalue weighted by Crippen LogP contribution is 2.20. The molecule has 10 heteroatoms. The first-order valence-electron chi connectivity index (χ1n) is 5.28. The van der Waals surface area contributed by atoms with Crippen molar-refractivity contribution in [2.45, 2.75) is 12.8 Å². The summed E-state index contributed by atoms with van der Waals surface area (Å²) in [6.07, 6.45) is 2.03. The van der Waals surface area contributed by atoms with Crippen LogP contribution in [0.15, 0.2) is 5.16 Å². The molecule has 0 bridgehead atoms. The average Bonchev–Trinajstić information content (AvgIpc) is 2.25. The molecule has 3 N–H and O–H groups in total. The number of rotatable bonds is 4. The maximum Gasteiger partial charge on any atom is 0.228 e. The predicted molar refractivity (Wildman–Crippen MR) is 66.3 cm³/mol. The zero-order chi connectivity index (χ0) is 14.0. The van der Waals surface area contributed by atoms with Gasteiger partial charge in [-0.3, -0.25) is 0 Å². The first-order chi connectivity index (χ1) is 8.15. The van der Waals surface area contributed by atoms with Gasteiger partial charge in [-0.15, -0.1) is 0 Å². The van der Waals surface area contributed by atoms with Gasteiger partial charge in [-0.2, -0.15) is 0 Å². The lowest BCUT2D eigenvalue weighted by atomic mass is 9.99. The number of nitrogens with two attached hydrogens (primary N) is 1. The molecule has 0 saturated carbocycles. The summed E-state index contributed by atoms with van der Waals surface area (Å²) in [7, 11) is -7.48. The fourth-order valence-corrected chi connectivity index (χ4v) is 5.44. The Labute approximate surface area is 106 Å². The van der Waals surface area contributed by atoms with Crippen molar-refractivity contribution in [2.75, 3.05) is 24.4 Å². The van der Waals surface area contributed by atoms with E-state index in [1.807, 2.05) is 0 Å². The molecule has 1 heterocycles. The summed E-state index contributed by atoms with van der Waals surface area (Å²) in [4.78, 5) is 0. The molecule has 0 radical (unpaired) electrons. The van der Waals surface area contributed by atoms with Crippen LogP contribution in [0.3, 0.4) is 0 Å². The van der Waals surface area contributed by atoms with Gasteiger partial charge < -0.3 is 10.9 Å². The van der Waals surface area contributed by atoms with E-state index >= 15 is 0 Å². The van der Waals surface area contributed by atoms with Crippen molar-refractivity contribution in [1.29, 1.82) is 0 Å². The Morgan fingerprint density at radius 2 is 2.06 bits per heavy atom. The number of hydrogen-bond acceptors (Lipinski definition) is 6. The van der Waals surface area contributed by atoms with Gasteiger partial charge >= 0.3 is 0 Å². The predicted octanol–water partition coefficient (Wildman–Crippen LogP) is -1.22. The molecule has 106 valence electrons. The van der Waals surface area contributed by atoms with Crippen molar-refractivity contribution >= 4 is 25.7 Å². The molecule has 1 saturated heterocycles. The molecule has 0 aliphatic carbocycles. The van der Waals surface area contributed by atoms with Gasteiger partial charge in [-0.05, 0) is 12.8 Å². The molecule has 1 aliphatic heterocycles. The zero-order valence-electron chi connectivity index (χ0n) is 9.98. The van der Waals surface area contributed by atoms with Gasteiger partial charge in [0.1, 0.15) is 5.84 Å². The van der Waals surface area contributed by atoms with Crippen molar-refractivity contribution in [2.24, 2.45) is 16.8 Å². The Kier molecular flexibility index (Phi) is 4.56. The molecule has 18 heavy (non-hydrogen) atoms. The summed E-state index contributed by atoms with van der Waals surface area (Å²) < 4.78 is 46.9. The highest BCUT2D eigenvalue weighted by molar-refractivity contribution is 8.06. The second kappa shape index (κ2) is 5.41. The molecule has 1 rings (SSSR count). The van der Waals surface area contributed by atoms with Crippen LogP contribution >= 0.6 is 0 Å². The second-order valence-electron chi connectivity index (χ2n) is 4.38. The Balaban J connectivity index is 2.84. The van der Waals surface area contributed by atoms with Gasteiger partial charge in [0.25, 0.3) is 0 Å². The molecule has 1 aliphatic rings. The summed E-state index contributed by atoms with van der Waals surface area (Å²) in [5.41, 5.74) is 5.44. The summed E-state index contributed by atoms with van der Waals surface area (Å²) in [5.74, 6) is -0.410. The van der Waals surface area contributed by atoms with Gasteiger partial charge in [0.2, 0.25) is 10.0 Å². The number of sulfone groups is 1. The molecule has 1 fully saturated rings. The maximum atomic E-state index is 11.9. The van der Waals surface area contributed by atoms with Crippen LogP contribution in [0.25, 0.3) is 0 Å². The van der Waals surface area contributed by atoms with E-state index in [0.29, 0.717) is 12.8 Å². The third-order valence-electron chi connectivity index (χ3n) is 2.67. The van der Waals surface area contributed by atoms with Crippen LogP contribution in [0.2, 0.25) is 0 Å². The van der Waals surface area contributed by atoms with Gasteiger partial charge in [0.05, 0.1) is 0 Å². The number of amidine groups is 1. The molecule has 0 amide bonds. The van der Waals surface area contributed by atoms with Crippen LogP contribution in [0.5, 0.6) is 0 Å². The quantitative estimate of drug-likeness (QED) is 0.289. The lowest BCUT2D eigenvalue weighted by molar-refractivity contribution is 0.288. The summed E-state index contributed by atoms with van der Waals surface area (Å²) in [6, 6.07) is 0. The lowest BCUT2D eigenvalue weighted by Crippen LogP contribution is -2.45. The first kappa shape index (κ1) is 15.2. The minimum atomic E-state index is -3.86. The third-order valence-corrected chi connectivity index (χ3v) is 6.70. The van der Waals surface area contributed by atoms with E-state index in [-0.39, 0.29) is 24.8 Å². The summed E-state index contributed by atoms with van der Waals surface area (Å²) in [6.45, 7) is 0.306. The Morgan fingerprint density at radius 1 is 1.44 bits per heavy atom. The minimum absolute atomic E-state index is 0.0331. The summed E-state index contributed by atoms with van der Waals surface area (Å²) >= 11 is 0. The van der Waals surface area contributed by atoms with Crippen LogP contribution in [0.1, 0.15) is 12.8 Å². The highest BCUT2D eigenvalue weighted by atomic mass is 32.3.